The van der Waals surface area contributed by atoms with Gasteiger partial charge in [-0.3, -0.25) is 4.79 Å². The molecule has 1 rings (SSSR count). The van der Waals surface area contributed by atoms with E-state index >= 15 is 0 Å². The van der Waals surface area contributed by atoms with Gasteiger partial charge in [-0.2, -0.15) is 13.2 Å². The quantitative estimate of drug-likeness (QED) is 0.745. The maximum Gasteiger partial charge on any atom is 0.416 e. The molecule has 0 aliphatic carbocycles. The fourth-order valence-corrected chi connectivity index (χ4v) is 1.44. The molecule has 0 fully saturated rings. The van der Waals surface area contributed by atoms with Gasteiger partial charge in [-0.1, -0.05) is 18.7 Å². The zero-order valence-electron chi connectivity index (χ0n) is 9.92. The molecule has 4 heteroatoms. The Kier molecular flexibility index (Phi) is 4.48. The molecule has 0 heterocycles. The van der Waals surface area contributed by atoms with Crippen LogP contribution in [-0.2, 0) is 17.4 Å². The van der Waals surface area contributed by atoms with E-state index in [0.717, 1.165) is 23.8 Å². The SMILES string of the molecule is C=CC(=O)/C=C/Cc1cc(C(F)(F)F)ccc1C. The van der Waals surface area contributed by atoms with E-state index in [0.29, 0.717) is 5.56 Å². The van der Waals surface area contributed by atoms with Crippen LogP contribution in [0.3, 0.4) is 0 Å². The number of allylic oxidation sites excluding steroid dienone is 3. The molecule has 1 aromatic rings. The summed E-state index contributed by atoms with van der Waals surface area (Å²) in [6.45, 7) is 5.04. The summed E-state index contributed by atoms with van der Waals surface area (Å²) < 4.78 is 37.6. The second-order valence-corrected chi connectivity index (χ2v) is 3.85. The maximum absolute atomic E-state index is 12.5. The molecule has 0 N–H and O–H groups in total. The van der Waals surface area contributed by atoms with Gasteiger partial charge in [0.25, 0.3) is 0 Å². The lowest BCUT2D eigenvalue weighted by atomic mass is 10.0. The number of halogens is 3. The van der Waals surface area contributed by atoms with Gasteiger partial charge >= 0.3 is 6.18 Å². The fraction of sp³-hybridized carbons (Fsp3) is 0.214. The topological polar surface area (TPSA) is 17.1 Å². The van der Waals surface area contributed by atoms with Crippen molar-refractivity contribution in [1.82, 2.24) is 0 Å². The molecule has 1 nitrogen and oxygen atoms in total. The number of carbonyl (C=O) groups excluding carboxylic acids is 1. The molecule has 18 heavy (non-hydrogen) atoms. The first-order chi connectivity index (χ1) is 8.34. The van der Waals surface area contributed by atoms with Gasteiger partial charge < -0.3 is 0 Å². The first-order valence-corrected chi connectivity index (χ1v) is 5.34. The second kappa shape index (κ2) is 5.67. The molecule has 0 aromatic heterocycles. The maximum atomic E-state index is 12.5. The monoisotopic (exact) mass is 254 g/mol. The van der Waals surface area contributed by atoms with E-state index in [-0.39, 0.29) is 12.2 Å². The lowest BCUT2D eigenvalue weighted by Crippen LogP contribution is -2.06. The van der Waals surface area contributed by atoms with Crippen LogP contribution in [0.2, 0.25) is 0 Å². The lowest BCUT2D eigenvalue weighted by Gasteiger charge is -2.10. The van der Waals surface area contributed by atoms with E-state index in [9.17, 15) is 18.0 Å². The van der Waals surface area contributed by atoms with Crippen molar-refractivity contribution in [2.24, 2.45) is 0 Å². The Morgan fingerprint density at radius 1 is 1.39 bits per heavy atom. The number of aryl methyl sites for hydroxylation is 1. The van der Waals surface area contributed by atoms with Crippen molar-refractivity contribution in [3.05, 3.63) is 59.7 Å². The van der Waals surface area contributed by atoms with Crippen LogP contribution in [0.25, 0.3) is 0 Å². The van der Waals surface area contributed by atoms with Crippen molar-refractivity contribution in [1.29, 1.82) is 0 Å². The van der Waals surface area contributed by atoms with E-state index in [1.165, 1.54) is 18.2 Å². The van der Waals surface area contributed by atoms with Crippen molar-refractivity contribution >= 4 is 5.78 Å². The predicted octanol–water partition coefficient (Wildman–Crippen LogP) is 3.87. The van der Waals surface area contributed by atoms with Gasteiger partial charge in [0, 0.05) is 0 Å². The Morgan fingerprint density at radius 3 is 2.61 bits per heavy atom. The zero-order valence-corrected chi connectivity index (χ0v) is 9.92. The molecule has 0 spiro atoms. The van der Waals surface area contributed by atoms with Gasteiger partial charge in [-0.05, 0) is 48.8 Å². The Hall–Kier alpha value is -1.84. The third-order valence-corrected chi connectivity index (χ3v) is 2.50. The van der Waals surface area contributed by atoms with Crippen molar-refractivity contribution in [2.45, 2.75) is 19.5 Å². The van der Waals surface area contributed by atoms with Crippen LogP contribution >= 0.6 is 0 Å². The third kappa shape index (κ3) is 3.87. The highest BCUT2D eigenvalue weighted by Gasteiger charge is 2.30. The average molecular weight is 254 g/mol. The van der Waals surface area contributed by atoms with Gasteiger partial charge in [-0.25, -0.2) is 0 Å². The number of hydrogen-bond acceptors (Lipinski definition) is 1. The Balaban J connectivity index is 2.92. The van der Waals surface area contributed by atoms with Gasteiger partial charge in [0.2, 0.25) is 0 Å². The molecule has 0 atom stereocenters. The van der Waals surface area contributed by atoms with Gasteiger partial charge in [0.05, 0.1) is 5.56 Å². The minimum Gasteiger partial charge on any atom is -0.290 e. The molecule has 0 unspecified atom stereocenters. The van der Waals surface area contributed by atoms with Crippen LogP contribution in [0.15, 0.2) is 43.0 Å². The van der Waals surface area contributed by atoms with Crippen molar-refractivity contribution in [3.8, 4) is 0 Å². The van der Waals surface area contributed by atoms with E-state index in [4.69, 9.17) is 0 Å². The van der Waals surface area contributed by atoms with Gasteiger partial charge in [0.15, 0.2) is 5.78 Å². The molecule has 0 aliphatic rings. The molecule has 0 radical (unpaired) electrons. The van der Waals surface area contributed by atoms with Crippen LogP contribution in [0, 0.1) is 6.92 Å². The number of ketones is 1. The molecule has 1 aromatic carbocycles. The van der Waals surface area contributed by atoms with E-state index in [1.807, 2.05) is 0 Å². The van der Waals surface area contributed by atoms with Crippen LogP contribution in [0.4, 0.5) is 13.2 Å². The van der Waals surface area contributed by atoms with Crippen molar-refractivity contribution in [3.63, 3.8) is 0 Å². The van der Waals surface area contributed by atoms with Crippen molar-refractivity contribution in [2.75, 3.05) is 0 Å². The Labute approximate surface area is 104 Å². The minimum atomic E-state index is -4.34. The molecular weight excluding hydrogens is 241 g/mol. The average Bonchev–Trinajstić information content (AvgIpc) is 2.29. The van der Waals surface area contributed by atoms with Gasteiger partial charge in [-0.15, -0.1) is 0 Å². The van der Waals surface area contributed by atoms with E-state index < -0.39 is 11.7 Å². The molecular formula is C14H13F3O. The van der Waals surface area contributed by atoms with Gasteiger partial charge in [0.1, 0.15) is 0 Å². The molecule has 0 saturated carbocycles. The number of hydrogen-bond donors (Lipinski definition) is 0. The largest absolute Gasteiger partial charge is 0.416 e. The standard InChI is InChI=1S/C14H13F3O/c1-3-13(18)6-4-5-11-9-12(14(15,16)17)8-7-10(11)2/h3-4,6-9H,1,5H2,2H3/b6-4+. The summed E-state index contributed by atoms with van der Waals surface area (Å²) in [5.41, 5.74) is 0.642. The third-order valence-electron chi connectivity index (χ3n) is 2.50. The van der Waals surface area contributed by atoms with Crippen LogP contribution in [-0.4, -0.2) is 5.78 Å². The zero-order chi connectivity index (χ0) is 13.8. The lowest BCUT2D eigenvalue weighted by molar-refractivity contribution is -0.137. The smallest absolute Gasteiger partial charge is 0.290 e. The van der Waals surface area contributed by atoms with Crippen molar-refractivity contribution < 1.29 is 18.0 Å². The summed E-state index contributed by atoms with van der Waals surface area (Å²) in [7, 11) is 0. The molecule has 96 valence electrons. The highest BCUT2D eigenvalue weighted by atomic mass is 19.4. The Bertz CT molecular complexity index is 484. The summed E-state index contributed by atoms with van der Waals surface area (Å²) >= 11 is 0. The van der Waals surface area contributed by atoms with E-state index in [2.05, 4.69) is 6.58 Å². The number of alkyl halides is 3. The summed E-state index contributed by atoms with van der Waals surface area (Å²) in [6.07, 6.45) is -0.0763. The van der Waals surface area contributed by atoms with E-state index in [1.54, 1.807) is 6.92 Å². The molecule has 0 aliphatic heterocycles. The molecule has 0 saturated heterocycles. The molecule has 0 amide bonds. The highest BCUT2D eigenvalue weighted by Crippen LogP contribution is 2.30. The number of carbonyl (C=O) groups is 1. The summed E-state index contributed by atoms with van der Waals surface area (Å²) in [6, 6.07) is 3.59. The Morgan fingerprint density at radius 2 is 2.06 bits per heavy atom. The molecule has 0 bridgehead atoms. The number of rotatable bonds is 4. The first-order valence-electron chi connectivity index (χ1n) is 5.34. The summed E-state index contributed by atoms with van der Waals surface area (Å²) in [5, 5.41) is 0. The number of benzene rings is 1. The summed E-state index contributed by atoms with van der Waals surface area (Å²) in [4.78, 5) is 10.9. The second-order valence-electron chi connectivity index (χ2n) is 3.85. The minimum absolute atomic E-state index is 0.264. The van der Waals surface area contributed by atoms with Crippen LogP contribution in [0.1, 0.15) is 16.7 Å². The summed E-state index contributed by atoms with van der Waals surface area (Å²) in [5.74, 6) is -0.264. The fourth-order valence-electron chi connectivity index (χ4n) is 1.44. The predicted molar refractivity (Wildman–Crippen MR) is 64.2 cm³/mol. The van der Waals surface area contributed by atoms with Crippen LogP contribution < -0.4 is 0 Å². The normalized spacial score (nSPS) is 11.8. The first kappa shape index (κ1) is 14.2. The highest BCUT2D eigenvalue weighted by molar-refractivity contribution is 5.98. The van der Waals surface area contributed by atoms with Crippen LogP contribution in [0.5, 0.6) is 0 Å².